The number of hydrogen-bond acceptors (Lipinski definition) is 1. The molecule has 0 radical (unpaired) electrons. The van der Waals surface area contributed by atoms with Crippen LogP contribution in [0.15, 0.2) is 103 Å². The van der Waals surface area contributed by atoms with E-state index < -0.39 is 0 Å². The molecule has 138 valence electrons. The maximum absolute atomic E-state index is 6.25. The molecule has 4 aromatic carbocycles. The van der Waals surface area contributed by atoms with Crippen LogP contribution in [-0.4, -0.2) is 6.10 Å². The number of benzene rings is 4. The summed E-state index contributed by atoms with van der Waals surface area (Å²) in [5.41, 5.74) is 7.11. The van der Waals surface area contributed by atoms with E-state index in [1.54, 1.807) is 0 Å². The van der Waals surface area contributed by atoms with Gasteiger partial charge in [0.15, 0.2) is 0 Å². The number of rotatable bonds is 5. The van der Waals surface area contributed by atoms with Crippen molar-refractivity contribution in [3.8, 4) is 39.1 Å². The van der Waals surface area contributed by atoms with E-state index in [2.05, 4.69) is 117 Å². The highest BCUT2D eigenvalue weighted by atomic mass is 16.5. The summed E-state index contributed by atoms with van der Waals surface area (Å²) in [6.45, 7) is 4.14. The Morgan fingerprint density at radius 3 is 1.46 bits per heavy atom. The summed E-state index contributed by atoms with van der Waals surface area (Å²) in [5, 5.41) is 0. The van der Waals surface area contributed by atoms with Gasteiger partial charge in [-0.15, -0.1) is 0 Å². The summed E-state index contributed by atoms with van der Waals surface area (Å²) < 4.78 is 6.25. The molecule has 0 spiro atoms. The summed E-state index contributed by atoms with van der Waals surface area (Å²) >= 11 is 0. The van der Waals surface area contributed by atoms with Crippen LogP contribution in [0.5, 0.6) is 5.75 Å². The van der Waals surface area contributed by atoms with Crippen molar-refractivity contribution in [2.45, 2.75) is 20.0 Å². The van der Waals surface area contributed by atoms with Crippen molar-refractivity contribution in [2.75, 3.05) is 0 Å². The topological polar surface area (TPSA) is 9.23 Å². The Bertz CT molecular complexity index is 1040. The first-order valence-corrected chi connectivity index (χ1v) is 9.74. The lowest BCUT2D eigenvalue weighted by Crippen LogP contribution is -2.07. The van der Waals surface area contributed by atoms with E-state index in [1.807, 2.05) is 0 Å². The van der Waals surface area contributed by atoms with Crippen molar-refractivity contribution in [3.05, 3.63) is 103 Å². The Morgan fingerprint density at radius 2 is 0.964 bits per heavy atom. The Labute approximate surface area is 167 Å². The lowest BCUT2D eigenvalue weighted by atomic mass is 9.87. The first-order chi connectivity index (χ1) is 13.7. The van der Waals surface area contributed by atoms with E-state index >= 15 is 0 Å². The Morgan fingerprint density at radius 1 is 0.500 bits per heavy atom. The van der Waals surface area contributed by atoms with Crippen LogP contribution >= 0.6 is 0 Å². The minimum atomic E-state index is 0.105. The second kappa shape index (κ2) is 8.14. The average molecular weight is 364 g/mol. The molecule has 0 saturated carbocycles. The maximum atomic E-state index is 6.25. The Balaban J connectivity index is 2.07. The largest absolute Gasteiger partial charge is 0.490 e. The molecule has 0 bridgehead atoms. The molecule has 0 saturated heterocycles. The molecule has 4 aromatic rings. The summed E-state index contributed by atoms with van der Waals surface area (Å²) in [6.07, 6.45) is 0.105. The van der Waals surface area contributed by atoms with Gasteiger partial charge in [0.05, 0.1) is 6.10 Å². The number of ether oxygens (including phenoxy) is 1. The molecule has 0 aromatic heterocycles. The van der Waals surface area contributed by atoms with Crippen molar-refractivity contribution in [3.63, 3.8) is 0 Å². The van der Waals surface area contributed by atoms with Gasteiger partial charge < -0.3 is 4.74 Å². The van der Waals surface area contributed by atoms with Gasteiger partial charge >= 0.3 is 0 Å². The zero-order valence-electron chi connectivity index (χ0n) is 16.3. The zero-order valence-corrected chi connectivity index (χ0v) is 16.3. The van der Waals surface area contributed by atoms with E-state index in [4.69, 9.17) is 4.74 Å². The molecule has 0 aliphatic heterocycles. The van der Waals surface area contributed by atoms with Crippen LogP contribution in [0.3, 0.4) is 0 Å². The molecule has 0 unspecified atom stereocenters. The molecule has 0 atom stereocenters. The highest BCUT2D eigenvalue weighted by molar-refractivity contribution is 5.97. The lowest BCUT2D eigenvalue weighted by molar-refractivity contribution is 0.243. The molecule has 1 heteroatoms. The van der Waals surface area contributed by atoms with Crippen molar-refractivity contribution in [2.24, 2.45) is 0 Å². The van der Waals surface area contributed by atoms with E-state index in [0.717, 1.165) is 16.9 Å². The normalized spacial score (nSPS) is 10.8. The minimum Gasteiger partial charge on any atom is -0.490 e. The molecule has 0 aliphatic rings. The van der Waals surface area contributed by atoms with Gasteiger partial charge in [-0.1, -0.05) is 97.1 Å². The van der Waals surface area contributed by atoms with Crippen molar-refractivity contribution in [1.82, 2.24) is 0 Å². The van der Waals surface area contributed by atoms with Crippen LogP contribution in [0.1, 0.15) is 13.8 Å². The summed E-state index contributed by atoms with van der Waals surface area (Å²) in [5.74, 6) is 0.916. The fraction of sp³-hybridized carbons (Fsp3) is 0.111. The van der Waals surface area contributed by atoms with Gasteiger partial charge in [0.1, 0.15) is 5.75 Å². The fourth-order valence-corrected chi connectivity index (χ4v) is 3.59. The second-order valence-corrected chi connectivity index (χ2v) is 7.13. The fourth-order valence-electron chi connectivity index (χ4n) is 3.59. The molecule has 0 N–H and O–H groups in total. The molecule has 0 amide bonds. The van der Waals surface area contributed by atoms with Crippen LogP contribution in [0.4, 0.5) is 0 Å². The van der Waals surface area contributed by atoms with Gasteiger partial charge in [-0.3, -0.25) is 0 Å². The summed E-state index contributed by atoms with van der Waals surface area (Å²) in [6, 6.07) is 36.0. The molecular weight excluding hydrogens is 340 g/mol. The van der Waals surface area contributed by atoms with Crippen LogP contribution in [-0.2, 0) is 0 Å². The molecule has 4 rings (SSSR count). The van der Waals surface area contributed by atoms with Crippen LogP contribution in [0, 0.1) is 0 Å². The van der Waals surface area contributed by atoms with Crippen molar-refractivity contribution < 1.29 is 4.74 Å². The SMILES string of the molecule is CC(C)Oc1ccc(-c2ccccc2)c(-c2ccccc2)c1-c1ccccc1. The Hall–Kier alpha value is -3.32. The third-order valence-electron chi connectivity index (χ3n) is 4.74. The van der Waals surface area contributed by atoms with Gasteiger partial charge in [-0.2, -0.15) is 0 Å². The molecule has 0 heterocycles. The minimum absolute atomic E-state index is 0.105. The molecule has 0 fully saturated rings. The summed E-state index contributed by atoms with van der Waals surface area (Å²) in [7, 11) is 0. The quantitative estimate of drug-likeness (QED) is 0.357. The summed E-state index contributed by atoms with van der Waals surface area (Å²) in [4.78, 5) is 0. The second-order valence-electron chi connectivity index (χ2n) is 7.13. The maximum Gasteiger partial charge on any atom is 0.128 e. The molecule has 0 aliphatic carbocycles. The molecular formula is C27H24O. The van der Waals surface area contributed by atoms with Crippen LogP contribution in [0.2, 0.25) is 0 Å². The first-order valence-electron chi connectivity index (χ1n) is 9.74. The monoisotopic (exact) mass is 364 g/mol. The number of hydrogen-bond donors (Lipinski definition) is 0. The van der Waals surface area contributed by atoms with E-state index in [9.17, 15) is 0 Å². The molecule has 1 nitrogen and oxygen atoms in total. The van der Waals surface area contributed by atoms with Crippen LogP contribution in [0.25, 0.3) is 33.4 Å². The Kier molecular flexibility index (Phi) is 5.25. The lowest BCUT2D eigenvalue weighted by Gasteiger charge is -2.21. The predicted molar refractivity (Wildman–Crippen MR) is 119 cm³/mol. The van der Waals surface area contributed by atoms with Gasteiger partial charge in [0.25, 0.3) is 0 Å². The zero-order chi connectivity index (χ0) is 19.3. The molecule has 28 heavy (non-hydrogen) atoms. The highest BCUT2D eigenvalue weighted by Crippen LogP contribution is 2.45. The van der Waals surface area contributed by atoms with Gasteiger partial charge in [0, 0.05) is 11.1 Å². The van der Waals surface area contributed by atoms with Gasteiger partial charge in [0.2, 0.25) is 0 Å². The third-order valence-corrected chi connectivity index (χ3v) is 4.74. The van der Waals surface area contributed by atoms with Crippen molar-refractivity contribution >= 4 is 0 Å². The first kappa shape index (κ1) is 18.1. The van der Waals surface area contributed by atoms with Crippen molar-refractivity contribution in [1.29, 1.82) is 0 Å². The average Bonchev–Trinajstić information content (AvgIpc) is 2.75. The van der Waals surface area contributed by atoms with Gasteiger partial charge in [-0.25, -0.2) is 0 Å². The third kappa shape index (κ3) is 3.70. The predicted octanol–water partition coefficient (Wildman–Crippen LogP) is 7.47. The highest BCUT2D eigenvalue weighted by Gasteiger charge is 2.19. The smallest absolute Gasteiger partial charge is 0.128 e. The van der Waals surface area contributed by atoms with E-state index in [0.29, 0.717) is 0 Å². The van der Waals surface area contributed by atoms with Crippen LogP contribution < -0.4 is 4.74 Å². The van der Waals surface area contributed by atoms with E-state index in [-0.39, 0.29) is 6.10 Å². The van der Waals surface area contributed by atoms with E-state index in [1.165, 1.54) is 22.3 Å². The standard InChI is InChI=1S/C27H24O/c1-20(2)28-25-19-18-24(21-12-6-3-7-13-21)26(22-14-8-4-9-15-22)27(25)23-16-10-5-11-17-23/h3-20H,1-2H3. The van der Waals surface area contributed by atoms with Gasteiger partial charge in [-0.05, 0) is 42.2 Å².